The molecule has 0 spiro atoms. The van der Waals surface area contributed by atoms with Crippen LogP contribution in [-0.2, 0) is 0 Å². The summed E-state index contributed by atoms with van der Waals surface area (Å²) in [7, 11) is 0. The van der Waals surface area contributed by atoms with E-state index < -0.39 is 0 Å². The molecule has 1 rings (SSSR count). The fraction of sp³-hybridized carbons (Fsp3) is 0. The van der Waals surface area contributed by atoms with Crippen molar-refractivity contribution in [1.29, 1.82) is 0 Å². The summed E-state index contributed by atoms with van der Waals surface area (Å²) in [5.74, 6) is 0.141. The highest BCUT2D eigenvalue weighted by atomic mass is 24.3. The van der Waals surface area contributed by atoms with Gasteiger partial charge in [-0.25, -0.2) is 0 Å². The number of phenols is 1. The molecule has 0 radical (unpaired) electrons. The standard InChI is InChI=1S/C6H5NO2.Mg.2H/c8-6-3-1-5(7-9)2-4-6;;;/h1-4,8H;;;. The van der Waals surface area contributed by atoms with E-state index in [9.17, 15) is 4.91 Å². The highest BCUT2D eigenvalue weighted by Gasteiger charge is 1.88. The summed E-state index contributed by atoms with van der Waals surface area (Å²) in [6.45, 7) is 0. The van der Waals surface area contributed by atoms with Crippen molar-refractivity contribution < 1.29 is 5.11 Å². The molecule has 0 atom stereocenters. The minimum absolute atomic E-state index is 0. The van der Waals surface area contributed by atoms with Crippen molar-refractivity contribution in [3.8, 4) is 5.75 Å². The van der Waals surface area contributed by atoms with Crippen LogP contribution in [0.25, 0.3) is 0 Å². The van der Waals surface area contributed by atoms with E-state index in [4.69, 9.17) is 5.11 Å². The molecule has 3 nitrogen and oxygen atoms in total. The Hall–Kier alpha value is -0.614. The topological polar surface area (TPSA) is 49.7 Å². The predicted molar refractivity (Wildman–Crippen MR) is 42.1 cm³/mol. The zero-order valence-corrected chi connectivity index (χ0v) is 4.61. The van der Waals surface area contributed by atoms with Gasteiger partial charge in [0.25, 0.3) is 0 Å². The van der Waals surface area contributed by atoms with Gasteiger partial charge in [-0.3, -0.25) is 0 Å². The number of rotatable bonds is 1. The van der Waals surface area contributed by atoms with Crippen molar-refractivity contribution in [2.75, 3.05) is 0 Å². The van der Waals surface area contributed by atoms with E-state index in [-0.39, 0.29) is 28.8 Å². The summed E-state index contributed by atoms with van der Waals surface area (Å²) in [6.07, 6.45) is 0. The zero-order chi connectivity index (χ0) is 6.69. The highest BCUT2D eigenvalue weighted by Crippen LogP contribution is 2.15. The lowest BCUT2D eigenvalue weighted by Gasteiger charge is -1.87. The van der Waals surface area contributed by atoms with E-state index >= 15 is 0 Å². The molecule has 0 fully saturated rings. The molecule has 0 aromatic heterocycles. The van der Waals surface area contributed by atoms with Gasteiger partial charge in [0.15, 0.2) is 0 Å². The van der Waals surface area contributed by atoms with E-state index in [0.29, 0.717) is 5.69 Å². The molecule has 0 aliphatic rings. The summed E-state index contributed by atoms with van der Waals surface area (Å²) in [5.41, 5.74) is 0.327. The van der Waals surface area contributed by atoms with Gasteiger partial charge in [-0.05, 0) is 29.4 Å². The number of nitrogens with zero attached hydrogens (tertiary/aromatic N) is 1. The Kier molecular flexibility index (Phi) is 3.98. The molecular weight excluding hydrogens is 142 g/mol. The van der Waals surface area contributed by atoms with Crippen molar-refractivity contribution in [3.63, 3.8) is 0 Å². The van der Waals surface area contributed by atoms with Gasteiger partial charge in [-0.2, -0.15) is 0 Å². The van der Waals surface area contributed by atoms with Gasteiger partial charge in [0.05, 0.1) is 0 Å². The second kappa shape index (κ2) is 4.24. The van der Waals surface area contributed by atoms with Crippen LogP contribution in [-0.4, -0.2) is 28.2 Å². The number of nitroso groups, excluding NO2 is 1. The minimum atomic E-state index is 0. The molecule has 1 N–H and O–H groups in total. The number of hydrogen-bond acceptors (Lipinski definition) is 3. The lowest BCUT2D eigenvalue weighted by molar-refractivity contribution is 0.475. The van der Waals surface area contributed by atoms with Crippen molar-refractivity contribution >= 4 is 28.7 Å². The lowest BCUT2D eigenvalue weighted by atomic mass is 10.3. The number of hydrogen-bond donors (Lipinski definition) is 1. The molecule has 4 heteroatoms. The molecule has 10 heavy (non-hydrogen) atoms. The molecule has 1 aromatic rings. The van der Waals surface area contributed by atoms with E-state index in [1.54, 1.807) is 0 Å². The van der Waals surface area contributed by atoms with Crippen LogP contribution in [0.15, 0.2) is 29.4 Å². The molecule has 0 amide bonds. The molecule has 0 aliphatic carbocycles. The van der Waals surface area contributed by atoms with Crippen LogP contribution in [0.1, 0.15) is 0 Å². The minimum Gasteiger partial charge on any atom is -0.508 e. The lowest BCUT2D eigenvalue weighted by Crippen LogP contribution is -1.61. The Morgan fingerprint density at radius 1 is 1.20 bits per heavy atom. The van der Waals surface area contributed by atoms with E-state index in [2.05, 4.69) is 5.18 Å². The summed E-state index contributed by atoms with van der Waals surface area (Å²) >= 11 is 0. The third-order valence-corrected chi connectivity index (χ3v) is 0.955. The van der Waals surface area contributed by atoms with Crippen LogP contribution in [0, 0.1) is 4.91 Å². The SMILES string of the molecule is O=Nc1ccc(O)cc1.[MgH2]. The fourth-order valence-corrected chi connectivity index (χ4v) is 0.513. The Labute approximate surface area is 74.2 Å². The Morgan fingerprint density at radius 2 is 1.70 bits per heavy atom. The second-order valence-electron chi connectivity index (χ2n) is 1.61. The number of phenolic OH excluding ortho intramolecular Hbond substituents is 1. The summed E-state index contributed by atoms with van der Waals surface area (Å²) in [6, 6.07) is 5.72. The second-order valence-corrected chi connectivity index (χ2v) is 1.61. The first-order valence-electron chi connectivity index (χ1n) is 2.45. The smallest absolute Gasteiger partial charge is 0.316 e. The largest absolute Gasteiger partial charge is 0.508 e. The number of benzene rings is 1. The zero-order valence-electron chi connectivity index (χ0n) is 4.61. The predicted octanol–water partition coefficient (Wildman–Crippen LogP) is 0.874. The van der Waals surface area contributed by atoms with Gasteiger partial charge in [-0.1, -0.05) is 0 Å². The van der Waals surface area contributed by atoms with Crippen molar-refractivity contribution in [2.24, 2.45) is 5.18 Å². The first kappa shape index (κ1) is 9.39. The Balaban J connectivity index is 0.000000810. The third kappa shape index (κ3) is 2.32. The van der Waals surface area contributed by atoms with E-state index in [0.717, 1.165) is 0 Å². The molecule has 0 saturated carbocycles. The van der Waals surface area contributed by atoms with Gasteiger partial charge in [0, 0.05) is 0 Å². The van der Waals surface area contributed by atoms with Gasteiger partial charge in [0.1, 0.15) is 11.4 Å². The molecule has 0 unspecified atom stereocenters. The molecule has 0 aliphatic heterocycles. The summed E-state index contributed by atoms with van der Waals surface area (Å²) in [5, 5.41) is 11.4. The first-order valence-corrected chi connectivity index (χ1v) is 2.45. The molecule has 0 saturated heterocycles. The number of aromatic hydroxyl groups is 1. The molecule has 0 heterocycles. The van der Waals surface area contributed by atoms with E-state index in [1.165, 1.54) is 24.3 Å². The van der Waals surface area contributed by atoms with Crippen LogP contribution >= 0.6 is 0 Å². The fourth-order valence-electron chi connectivity index (χ4n) is 0.513. The highest BCUT2D eigenvalue weighted by molar-refractivity contribution is 5.75. The van der Waals surface area contributed by atoms with Gasteiger partial charge < -0.3 is 5.11 Å². The van der Waals surface area contributed by atoms with Crippen molar-refractivity contribution in [3.05, 3.63) is 29.2 Å². The summed E-state index contributed by atoms with van der Waals surface area (Å²) < 4.78 is 0. The Morgan fingerprint density at radius 3 is 2.10 bits per heavy atom. The maximum absolute atomic E-state index is 9.79. The maximum Gasteiger partial charge on any atom is 0.316 e. The van der Waals surface area contributed by atoms with Crippen LogP contribution in [0.3, 0.4) is 0 Å². The van der Waals surface area contributed by atoms with Crippen LogP contribution < -0.4 is 0 Å². The van der Waals surface area contributed by atoms with Gasteiger partial charge in [0.2, 0.25) is 0 Å². The molecular formula is C6H7MgNO2. The van der Waals surface area contributed by atoms with Crippen LogP contribution in [0.2, 0.25) is 0 Å². The quantitative estimate of drug-likeness (QED) is 0.476. The normalized spacial score (nSPS) is 8.00. The van der Waals surface area contributed by atoms with Crippen LogP contribution in [0.4, 0.5) is 5.69 Å². The monoisotopic (exact) mass is 149 g/mol. The summed E-state index contributed by atoms with van der Waals surface area (Å²) in [4.78, 5) is 9.79. The molecule has 1 aromatic carbocycles. The van der Waals surface area contributed by atoms with Gasteiger partial charge >= 0.3 is 23.1 Å². The molecule has 50 valence electrons. The van der Waals surface area contributed by atoms with Gasteiger partial charge in [-0.15, -0.1) is 4.91 Å². The average molecular weight is 149 g/mol. The van der Waals surface area contributed by atoms with Crippen molar-refractivity contribution in [1.82, 2.24) is 0 Å². The van der Waals surface area contributed by atoms with Crippen LogP contribution in [0.5, 0.6) is 5.75 Å². The average Bonchev–Trinajstić information content (AvgIpc) is 1.90. The Bertz CT molecular complexity index is 209. The molecule has 0 bridgehead atoms. The first-order chi connectivity index (χ1) is 4.33. The maximum atomic E-state index is 9.79. The van der Waals surface area contributed by atoms with E-state index in [1.807, 2.05) is 0 Å². The third-order valence-electron chi connectivity index (χ3n) is 0.955. The van der Waals surface area contributed by atoms with Crippen molar-refractivity contribution in [2.45, 2.75) is 0 Å².